The average Bonchev–Trinajstić information content (AvgIpc) is 3.61. The largest absolute Gasteiger partial charge is 0.378 e. The van der Waals surface area contributed by atoms with E-state index in [1.807, 2.05) is 65.4 Å². The van der Waals surface area contributed by atoms with Crippen LogP contribution < -0.4 is 10.6 Å². The van der Waals surface area contributed by atoms with Crippen molar-refractivity contribution in [2.75, 3.05) is 25.1 Å². The summed E-state index contributed by atoms with van der Waals surface area (Å²) in [6.07, 6.45) is 8.83. The van der Waals surface area contributed by atoms with Crippen molar-refractivity contribution in [3.8, 4) is 16.8 Å². The first kappa shape index (κ1) is 24.0. The van der Waals surface area contributed by atoms with E-state index in [2.05, 4.69) is 34.0 Å². The minimum atomic E-state index is -0.209. The van der Waals surface area contributed by atoms with Gasteiger partial charge in [0.15, 0.2) is 0 Å². The molecule has 0 saturated carbocycles. The van der Waals surface area contributed by atoms with Gasteiger partial charge < -0.3 is 10.1 Å². The van der Waals surface area contributed by atoms with E-state index in [-0.39, 0.29) is 17.9 Å². The second-order valence-electron chi connectivity index (χ2n) is 9.10. The SMILES string of the molecule is CCCCC(c1cn(-c2ccccc2)c(NC(=O)c2cccc(-c3cn[nH]c3)c2)n1)C1COCCN1. The summed E-state index contributed by atoms with van der Waals surface area (Å²) < 4.78 is 7.74. The topological polar surface area (TPSA) is 96.9 Å². The fraction of sp³-hybridized carbons (Fsp3) is 0.321. The van der Waals surface area contributed by atoms with Gasteiger partial charge in [-0.2, -0.15) is 5.10 Å². The Labute approximate surface area is 211 Å². The first-order valence-corrected chi connectivity index (χ1v) is 12.6. The summed E-state index contributed by atoms with van der Waals surface area (Å²) in [6.45, 7) is 4.43. The molecular formula is C28H32N6O2. The number of para-hydroxylation sites is 1. The molecule has 1 amide bonds. The maximum absolute atomic E-state index is 13.4. The number of benzene rings is 2. The van der Waals surface area contributed by atoms with Crippen molar-refractivity contribution in [2.45, 2.75) is 38.1 Å². The Hall–Kier alpha value is -3.75. The summed E-state index contributed by atoms with van der Waals surface area (Å²) in [7, 11) is 0. The van der Waals surface area contributed by atoms with Crippen LogP contribution in [0.25, 0.3) is 16.8 Å². The van der Waals surface area contributed by atoms with Gasteiger partial charge in [-0.25, -0.2) is 4.98 Å². The number of hydrogen-bond acceptors (Lipinski definition) is 5. The van der Waals surface area contributed by atoms with Gasteiger partial charge in [0.25, 0.3) is 5.91 Å². The minimum Gasteiger partial charge on any atom is -0.378 e. The Morgan fingerprint density at radius 1 is 1.19 bits per heavy atom. The van der Waals surface area contributed by atoms with Crippen molar-refractivity contribution in [3.05, 3.63) is 84.4 Å². The zero-order valence-electron chi connectivity index (χ0n) is 20.5. The lowest BCUT2D eigenvalue weighted by Gasteiger charge is -2.30. The van der Waals surface area contributed by atoms with Crippen molar-refractivity contribution >= 4 is 11.9 Å². The van der Waals surface area contributed by atoms with Gasteiger partial charge in [-0.1, -0.05) is 50.1 Å². The number of rotatable bonds is 9. The van der Waals surface area contributed by atoms with E-state index in [4.69, 9.17) is 9.72 Å². The Bertz CT molecular complexity index is 1260. The molecule has 2 aromatic heterocycles. The van der Waals surface area contributed by atoms with Gasteiger partial charge in [0.1, 0.15) is 0 Å². The number of carbonyl (C=O) groups excluding carboxylic acids is 1. The number of morpholine rings is 1. The van der Waals surface area contributed by atoms with Gasteiger partial charge in [-0.05, 0) is 36.2 Å². The number of imidazole rings is 1. The average molecular weight is 485 g/mol. The number of nitrogens with zero attached hydrogens (tertiary/aromatic N) is 3. The number of aromatic nitrogens is 4. The number of aromatic amines is 1. The lowest BCUT2D eigenvalue weighted by atomic mass is 9.91. The third-order valence-corrected chi connectivity index (χ3v) is 6.63. The molecule has 1 fully saturated rings. The van der Waals surface area contributed by atoms with Crippen LogP contribution in [-0.2, 0) is 4.74 Å². The van der Waals surface area contributed by atoms with Crippen molar-refractivity contribution in [1.29, 1.82) is 0 Å². The second-order valence-corrected chi connectivity index (χ2v) is 9.10. The predicted octanol–water partition coefficient (Wildman–Crippen LogP) is 4.78. The van der Waals surface area contributed by atoms with E-state index in [1.165, 1.54) is 0 Å². The quantitative estimate of drug-likeness (QED) is 0.318. The number of amides is 1. The van der Waals surface area contributed by atoms with E-state index in [0.717, 1.165) is 54.9 Å². The number of carbonyl (C=O) groups is 1. The van der Waals surface area contributed by atoms with Gasteiger partial charge in [-0.3, -0.25) is 19.8 Å². The fourth-order valence-electron chi connectivity index (χ4n) is 4.70. The van der Waals surface area contributed by atoms with Crippen LogP contribution in [0.5, 0.6) is 0 Å². The van der Waals surface area contributed by atoms with Crippen LogP contribution in [0.4, 0.5) is 5.95 Å². The first-order chi connectivity index (χ1) is 17.7. The summed E-state index contributed by atoms with van der Waals surface area (Å²) in [5.74, 6) is 0.488. The van der Waals surface area contributed by atoms with Crippen LogP contribution in [-0.4, -0.2) is 51.5 Å². The van der Waals surface area contributed by atoms with Crippen molar-refractivity contribution in [3.63, 3.8) is 0 Å². The summed E-state index contributed by atoms with van der Waals surface area (Å²) >= 11 is 0. The van der Waals surface area contributed by atoms with Crippen LogP contribution in [0.1, 0.15) is 48.2 Å². The molecule has 2 unspecified atom stereocenters. The molecule has 0 radical (unpaired) electrons. The molecule has 1 aliphatic heterocycles. The maximum Gasteiger partial charge on any atom is 0.258 e. The molecular weight excluding hydrogens is 452 g/mol. The van der Waals surface area contributed by atoms with Gasteiger partial charge in [0.05, 0.1) is 25.1 Å². The Balaban J connectivity index is 1.47. The molecule has 0 bridgehead atoms. The molecule has 2 aromatic carbocycles. The molecule has 36 heavy (non-hydrogen) atoms. The van der Waals surface area contributed by atoms with Crippen LogP contribution in [0.15, 0.2) is 73.2 Å². The molecule has 1 aliphatic rings. The Morgan fingerprint density at radius 2 is 2.08 bits per heavy atom. The highest BCUT2D eigenvalue weighted by Gasteiger charge is 2.28. The molecule has 3 heterocycles. The highest BCUT2D eigenvalue weighted by atomic mass is 16.5. The van der Waals surface area contributed by atoms with Crippen LogP contribution >= 0.6 is 0 Å². The third-order valence-electron chi connectivity index (χ3n) is 6.63. The summed E-state index contributed by atoms with van der Waals surface area (Å²) in [4.78, 5) is 18.3. The Kier molecular flexibility index (Phi) is 7.54. The molecule has 0 spiro atoms. The summed E-state index contributed by atoms with van der Waals surface area (Å²) in [6, 6.07) is 17.7. The zero-order valence-corrected chi connectivity index (χ0v) is 20.5. The van der Waals surface area contributed by atoms with Crippen LogP contribution in [0.3, 0.4) is 0 Å². The number of H-pyrrole nitrogens is 1. The van der Waals surface area contributed by atoms with Crippen molar-refractivity contribution in [2.24, 2.45) is 0 Å². The van der Waals surface area contributed by atoms with E-state index >= 15 is 0 Å². The van der Waals surface area contributed by atoms with E-state index in [9.17, 15) is 4.79 Å². The van der Waals surface area contributed by atoms with E-state index in [1.54, 1.807) is 6.20 Å². The highest BCUT2D eigenvalue weighted by molar-refractivity contribution is 6.04. The lowest BCUT2D eigenvalue weighted by Crippen LogP contribution is -2.45. The lowest BCUT2D eigenvalue weighted by molar-refractivity contribution is 0.0660. The number of ether oxygens (including phenoxy) is 1. The van der Waals surface area contributed by atoms with Crippen molar-refractivity contribution < 1.29 is 9.53 Å². The normalized spacial score (nSPS) is 16.5. The number of anilines is 1. The highest BCUT2D eigenvalue weighted by Crippen LogP contribution is 2.30. The predicted molar refractivity (Wildman–Crippen MR) is 140 cm³/mol. The summed E-state index contributed by atoms with van der Waals surface area (Å²) in [5.41, 5.74) is 4.31. The van der Waals surface area contributed by atoms with Crippen LogP contribution in [0.2, 0.25) is 0 Å². The first-order valence-electron chi connectivity index (χ1n) is 12.6. The van der Waals surface area contributed by atoms with Crippen molar-refractivity contribution in [1.82, 2.24) is 25.1 Å². The van der Waals surface area contributed by atoms with E-state index in [0.29, 0.717) is 18.1 Å². The molecule has 2 atom stereocenters. The van der Waals surface area contributed by atoms with Crippen LogP contribution in [0, 0.1) is 0 Å². The maximum atomic E-state index is 13.4. The third kappa shape index (κ3) is 5.40. The zero-order chi connectivity index (χ0) is 24.7. The van der Waals surface area contributed by atoms with Gasteiger partial charge in [-0.15, -0.1) is 0 Å². The molecule has 0 aliphatic carbocycles. The molecule has 3 N–H and O–H groups in total. The smallest absolute Gasteiger partial charge is 0.258 e. The number of hydrogen-bond donors (Lipinski definition) is 3. The standard InChI is InChI=1S/C28H32N6O2/c1-2-3-12-24(26-19-36-14-13-29-26)25-18-34(23-10-5-4-6-11-23)28(32-25)33-27(35)21-9-7-8-20(15-21)22-16-30-31-17-22/h4-11,15-18,24,26,29H,2-3,12-14,19H2,1H3,(H,30,31)(H,32,33,35). The van der Waals surface area contributed by atoms with Gasteiger partial charge in [0, 0.05) is 47.7 Å². The van der Waals surface area contributed by atoms with E-state index < -0.39 is 0 Å². The molecule has 4 aromatic rings. The van der Waals surface area contributed by atoms with Gasteiger partial charge >= 0.3 is 0 Å². The second kappa shape index (κ2) is 11.3. The molecule has 5 rings (SSSR count). The minimum absolute atomic E-state index is 0.190. The fourth-order valence-corrected chi connectivity index (χ4v) is 4.70. The Morgan fingerprint density at radius 3 is 2.83 bits per heavy atom. The number of nitrogens with one attached hydrogen (secondary N) is 3. The molecule has 1 saturated heterocycles. The monoisotopic (exact) mass is 484 g/mol. The van der Waals surface area contributed by atoms with Gasteiger partial charge in [0.2, 0.25) is 5.95 Å². The molecule has 186 valence electrons. The molecule has 8 heteroatoms. The molecule has 8 nitrogen and oxygen atoms in total. The number of unbranched alkanes of at least 4 members (excludes halogenated alkanes) is 1. The summed E-state index contributed by atoms with van der Waals surface area (Å²) in [5, 5.41) is 13.5.